The van der Waals surface area contributed by atoms with E-state index < -0.39 is 4.64 Å². The maximum atomic E-state index is 12.6. The van der Waals surface area contributed by atoms with Crippen LogP contribution in [0.25, 0.3) is 0 Å². The van der Waals surface area contributed by atoms with Gasteiger partial charge in [-0.3, -0.25) is 4.79 Å². The van der Waals surface area contributed by atoms with Crippen molar-refractivity contribution >= 4 is 92.9 Å². The van der Waals surface area contributed by atoms with Crippen molar-refractivity contribution in [2.24, 2.45) is 35.5 Å². The Labute approximate surface area is 746 Å². The Kier molecular flexibility index (Phi) is 64.0. The number of amides is 6. The maximum absolute atomic E-state index is 12.6. The first-order valence-electron chi connectivity index (χ1n) is 47.7. The molecule has 0 spiro atoms. The molecule has 696 valence electrons. The zero-order valence-electron chi connectivity index (χ0n) is 74.2. The number of nitrogens with one attached hydrogen (secondary N) is 6. The van der Waals surface area contributed by atoms with Crippen LogP contribution in [-0.4, -0.2) is 218 Å². The molecule has 6 rings (SSSR count). The molecule has 6 aliphatic rings. The molecule has 6 amide bonds. The van der Waals surface area contributed by atoms with E-state index in [1.807, 2.05) is 0 Å². The summed E-state index contributed by atoms with van der Waals surface area (Å²) in [7, 11) is 1.66. The molecule has 120 heavy (non-hydrogen) atoms. The number of ether oxygens (including phenoxy) is 12. The topological polar surface area (TPSA) is 304 Å². The fraction of sp³-hybridized carbons (Fsp3) is 0.933. The van der Waals surface area contributed by atoms with Crippen LogP contribution >= 0.6 is 50.2 Å². The molecule has 1 unspecified atom stereocenters. The highest BCUT2D eigenvalue weighted by Crippen LogP contribution is 2.58. The van der Waals surface area contributed by atoms with E-state index in [1.54, 1.807) is 14.0 Å². The first-order valence-corrected chi connectivity index (χ1v) is 54.3. The van der Waals surface area contributed by atoms with Crippen molar-refractivity contribution in [3.05, 3.63) is 0 Å². The van der Waals surface area contributed by atoms with Gasteiger partial charge in [0, 0.05) is 177 Å². The van der Waals surface area contributed by atoms with Gasteiger partial charge >= 0.3 is 30.5 Å². The highest BCUT2D eigenvalue weighted by Gasteiger charge is 2.33. The molecular formula is C89H163BIN6O20PS2. The molecule has 0 aromatic rings. The van der Waals surface area contributed by atoms with Gasteiger partial charge < -0.3 is 97.1 Å². The van der Waals surface area contributed by atoms with Gasteiger partial charge in [-0.25, -0.2) is 24.0 Å². The van der Waals surface area contributed by atoms with Crippen molar-refractivity contribution in [3.63, 3.8) is 0 Å². The molecule has 0 heterocycles. The van der Waals surface area contributed by atoms with Gasteiger partial charge in [0.15, 0.2) is 0 Å². The Balaban J connectivity index is 0.551. The summed E-state index contributed by atoms with van der Waals surface area (Å²) in [5.74, 6) is 4.37. The van der Waals surface area contributed by atoms with Gasteiger partial charge in [0.05, 0.1) is 33.5 Å². The summed E-state index contributed by atoms with van der Waals surface area (Å²) >= 11 is 4.96. The summed E-state index contributed by atoms with van der Waals surface area (Å²) in [6.45, 7) is 15.2. The normalized spacial score (nSPS) is 23.5. The van der Waals surface area contributed by atoms with E-state index in [9.17, 15) is 28.8 Å². The van der Waals surface area contributed by atoms with Gasteiger partial charge in [0.25, 0.3) is 6.28 Å². The van der Waals surface area contributed by atoms with Gasteiger partial charge in [-0.1, -0.05) is 0 Å². The third kappa shape index (κ3) is 57.3. The number of carbonyl (C=O) groups is 6. The van der Waals surface area contributed by atoms with E-state index in [-0.39, 0.29) is 66.6 Å². The Morgan fingerprint density at radius 1 is 0.275 bits per heavy atom. The number of carbonyl (C=O) groups excluding carboxylic acids is 6. The largest absolute Gasteiger partial charge is 0.450 e. The SMILES string of the molecule is COSP(I)BSOC(=O)NC1CCC(CC2CCC(NC(=O)OCCCCOCCCCOCCCCOCCCCOCCCCOCCCCOCCCCOCCCCOCCCCOC(=O)NC3CCC(CC4CCC(NC(=O)OCCCCCCOC(=O)NC5CCC(CC6CCC(NC(C)=O)CC6)CC5)CC4)CC3)CC2)CC1. The maximum Gasteiger partial charge on any atom is 0.418 e. The third-order valence-electron chi connectivity index (χ3n) is 24.7. The van der Waals surface area contributed by atoms with Crippen molar-refractivity contribution in [3.8, 4) is 0 Å². The van der Waals surface area contributed by atoms with Crippen molar-refractivity contribution in [2.75, 3.05) is 139 Å². The van der Waals surface area contributed by atoms with E-state index in [0.29, 0.717) is 76.0 Å². The van der Waals surface area contributed by atoms with E-state index in [2.05, 4.69) is 53.9 Å². The highest BCUT2D eigenvalue weighted by atomic mass is 127. The number of hydrogen-bond donors (Lipinski definition) is 6. The van der Waals surface area contributed by atoms with E-state index in [0.717, 1.165) is 387 Å². The zero-order chi connectivity index (χ0) is 85.0. The second-order valence-corrected chi connectivity index (χ2v) is 44.6. The number of alkyl carbamates (subject to hydrolysis) is 4. The lowest BCUT2D eigenvalue weighted by molar-refractivity contribution is -0.119. The molecule has 0 aliphatic heterocycles. The molecule has 26 nitrogen and oxygen atoms in total. The fourth-order valence-electron chi connectivity index (χ4n) is 17.7. The average Bonchev–Trinajstić information content (AvgIpc) is 0.876. The van der Waals surface area contributed by atoms with E-state index in [1.165, 1.54) is 55.7 Å². The predicted octanol–water partition coefficient (Wildman–Crippen LogP) is 19.9. The molecule has 0 bridgehead atoms. The molecule has 0 saturated heterocycles. The van der Waals surface area contributed by atoms with Crippen molar-refractivity contribution < 1.29 is 94.0 Å². The van der Waals surface area contributed by atoms with Crippen molar-refractivity contribution in [2.45, 2.75) is 358 Å². The minimum absolute atomic E-state index is 0.0784. The van der Waals surface area contributed by atoms with E-state index in [4.69, 9.17) is 65.2 Å². The van der Waals surface area contributed by atoms with Crippen LogP contribution in [0.1, 0.15) is 322 Å². The molecule has 0 radical (unpaired) electrons. The Morgan fingerprint density at radius 2 is 0.458 bits per heavy atom. The fourth-order valence-corrected chi connectivity index (χ4v) is 22.5. The first-order chi connectivity index (χ1) is 58.8. The number of unbranched alkanes of at least 4 members (excludes halogenated alkanes) is 12. The molecule has 31 heteroatoms. The Bertz CT molecular complexity index is 2540. The standard InChI is InChI=1S/C89H163BIN6O20PS2/c1-72(98)92-79-37-25-73(26-38-79)69-74-27-39-80(40-28-74)93-85(99)113-65-5-3-4-6-66-114-86(100)94-81-41-29-75(30-42-81)70-76-31-43-82(44-32-76)95-87(101)115-67-23-21-63-111-61-19-17-59-109-57-15-13-55-107-53-11-9-51-105-49-7-8-50-106-52-10-12-54-108-56-14-16-58-110-60-18-20-62-112-64-22-24-68-116-88(102)96-83-45-33-77(34-46-83)71-78-35-47-84(48-36-78)97-89(103)117-119-90-118(91)120-104-2/h73-84,90H,3-71H2,1-2H3,(H,92,98)(H,93,99)(H,94,100)(H,95,101)(H,96,102)(H,97,103). The second kappa shape index (κ2) is 72.3. The van der Waals surface area contributed by atoms with Crippen LogP contribution in [0.2, 0.25) is 0 Å². The average molecular weight is 1870 g/mol. The monoisotopic (exact) mass is 1870 g/mol. The summed E-state index contributed by atoms with van der Waals surface area (Å²) in [4.78, 5) is 73.6. The van der Waals surface area contributed by atoms with Gasteiger partial charge in [-0.05, 0) is 372 Å². The Hall–Kier alpha value is -2.62. The number of hydrogen-bond acceptors (Lipinski definition) is 22. The smallest absolute Gasteiger partial charge is 0.418 e. The molecule has 6 fully saturated rings. The minimum atomic E-state index is -0.394. The summed E-state index contributed by atoms with van der Waals surface area (Å²) < 4.78 is 78.5. The van der Waals surface area contributed by atoms with Crippen LogP contribution in [0.15, 0.2) is 0 Å². The molecule has 6 aliphatic carbocycles. The second-order valence-electron chi connectivity index (χ2n) is 34.8. The van der Waals surface area contributed by atoms with Gasteiger partial charge in [0.1, 0.15) is 0 Å². The number of rotatable bonds is 69. The van der Waals surface area contributed by atoms with Gasteiger partial charge in [-0.2, -0.15) is 0 Å². The summed E-state index contributed by atoms with van der Waals surface area (Å²) in [5, 5.41) is 18.5. The van der Waals surface area contributed by atoms with Gasteiger partial charge in [0.2, 0.25) is 5.91 Å². The lowest BCUT2D eigenvalue weighted by atomic mass is 9.75. The van der Waals surface area contributed by atoms with Crippen LogP contribution in [0.5, 0.6) is 0 Å². The summed E-state index contributed by atoms with van der Waals surface area (Å²) in [6, 6.07) is 1.29. The molecule has 6 N–H and O–H groups in total. The van der Waals surface area contributed by atoms with Gasteiger partial charge in [-0.15, -0.1) is 0 Å². The molecular weight excluding hydrogens is 1710 g/mol. The summed E-state index contributed by atoms with van der Waals surface area (Å²) in [6.07, 6.45) is 49.7. The lowest BCUT2D eigenvalue weighted by Gasteiger charge is -2.34. The van der Waals surface area contributed by atoms with E-state index >= 15 is 0 Å². The molecule has 6 saturated carbocycles. The predicted molar refractivity (Wildman–Crippen MR) is 488 cm³/mol. The molecule has 1 atom stereocenters. The zero-order valence-corrected chi connectivity index (χ0v) is 78.9. The van der Waals surface area contributed by atoms with Crippen LogP contribution < -0.4 is 31.9 Å². The molecule has 0 aromatic heterocycles. The highest BCUT2D eigenvalue weighted by molar-refractivity contribution is 14.2. The molecule has 0 aromatic carbocycles. The van der Waals surface area contributed by atoms with Crippen molar-refractivity contribution in [1.82, 2.24) is 31.9 Å². The summed E-state index contributed by atoms with van der Waals surface area (Å²) in [5.41, 5.74) is 0. The lowest BCUT2D eigenvalue weighted by Crippen LogP contribution is -2.39. The Morgan fingerprint density at radius 3 is 0.658 bits per heavy atom. The van der Waals surface area contributed by atoms with Crippen LogP contribution in [0.4, 0.5) is 24.0 Å². The third-order valence-corrected chi connectivity index (χ3v) is 32.3. The first kappa shape index (κ1) is 106. The van der Waals surface area contributed by atoms with Crippen LogP contribution in [0, 0.1) is 35.5 Å². The quantitative estimate of drug-likeness (QED) is 0.00823. The van der Waals surface area contributed by atoms with Crippen LogP contribution in [0.3, 0.4) is 0 Å². The van der Waals surface area contributed by atoms with Crippen molar-refractivity contribution in [1.29, 1.82) is 0 Å². The number of halogens is 1. The minimum Gasteiger partial charge on any atom is -0.450 e. The van der Waals surface area contributed by atoms with Crippen LogP contribution in [-0.2, 0) is 70.0 Å².